The largest absolute Gasteiger partial charge is 0.489 e. The highest BCUT2D eigenvalue weighted by atomic mass is 79.9. The third kappa shape index (κ3) is 5.53. The molecule has 0 saturated carbocycles. The predicted molar refractivity (Wildman–Crippen MR) is 119 cm³/mol. The minimum atomic E-state index is 0.100. The molecule has 4 nitrogen and oxygen atoms in total. The molecule has 0 aromatic heterocycles. The molecule has 27 heavy (non-hydrogen) atoms. The van der Waals surface area contributed by atoms with Gasteiger partial charge < -0.3 is 19.7 Å². The molecular weight excluding hydrogens is 495 g/mol. The Bertz CT molecular complexity index is 796. The number of nitrogens with zero attached hydrogens (tertiary/aromatic N) is 1. The number of hydrogen-bond donors (Lipinski definition) is 1. The summed E-state index contributed by atoms with van der Waals surface area (Å²) >= 11 is 13.7. The second kappa shape index (κ2) is 9.50. The number of anilines is 2. The van der Waals surface area contributed by atoms with Gasteiger partial charge in [-0.1, -0.05) is 27.5 Å². The number of rotatable bonds is 6. The highest BCUT2D eigenvalue weighted by molar-refractivity contribution is 9.11. The molecule has 1 aliphatic heterocycles. The molecule has 0 spiro atoms. The topological polar surface area (TPSA) is 33.7 Å². The Balaban J connectivity index is 1.74. The van der Waals surface area contributed by atoms with Crippen molar-refractivity contribution in [2.75, 3.05) is 36.5 Å². The summed E-state index contributed by atoms with van der Waals surface area (Å²) in [6.45, 7) is 7.90. The molecule has 3 rings (SSSR count). The molecule has 7 heteroatoms. The van der Waals surface area contributed by atoms with E-state index in [1.54, 1.807) is 0 Å². The lowest BCUT2D eigenvalue weighted by Crippen LogP contribution is -2.36. The van der Waals surface area contributed by atoms with Crippen LogP contribution in [0.25, 0.3) is 0 Å². The van der Waals surface area contributed by atoms with E-state index in [0.717, 1.165) is 63.0 Å². The highest BCUT2D eigenvalue weighted by Crippen LogP contribution is 2.35. The Morgan fingerprint density at radius 2 is 1.93 bits per heavy atom. The quantitative estimate of drug-likeness (QED) is 0.501. The third-order valence-electron chi connectivity index (χ3n) is 4.22. The summed E-state index contributed by atoms with van der Waals surface area (Å²) in [6.07, 6.45) is 0.100. The molecule has 146 valence electrons. The summed E-state index contributed by atoms with van der Waals surface area (Å²) in [4.78, 5) is 2.26. The van der Waals surface area contributed by atoms with E-state index in [2.05, 4.69) is 60.3 Å². The Labute approximate surface area is 182 Å². The average Bonchev–Trinajstić information content (AvgIpc) is 2.63. The summed E-state index contributed by atoms with van der Waals surface area (Å²) in [7, 11) is 0. The van der Waals surface area contributed by atoms with E-state index in [1.807, 2.05) is 26.0 Å². The molecular formula is C20H23Br2ClN2O2. The number of halogens is 3. The van der Waals surface area contributed by atoms with Crippen molar-refractivity contribution >= 4 is 54.8 Å². The molecule has 0 bridgehead atoms. The second-order valence-corrected chi connectivity index (χ2v) is 8.84. The van der Waals surface area contributed by atoms with Crippen LogP contribution in [0, 0.1) is 0 Å². The van der Waals surface area contributed by atoms with E-state index in [-0.39, 0.29) is 6.10 Å². The Morgan fingerprint density at radius 1 is 1.19 bits per heavy atom. The van der Waals surface area contributed by atoms with Crippen molar-refractivity contribution in [2.24, 2.45) is 0 Å². The summed E-state index contributed by atoms with van der Waals surface area (Å²) in [5.41, 5.74) is 3.10. The van der Waals surface area contributed by atoms with Gasteiger partial charge in [-0.2, -0.15) is 0 Å². The first-order chi connectivity index (χ1) is 12.9. The van der Waals surface area contributed by atoms with E-state index < -0.39 is 0 Å². The zero-order valence-electron chi connectivity index (χ0n) is 15.4. The molecule has 0 atom stereocenters. The van der Waals surface area contributed by atoms with Crippen molar-refractivity contribution in [1.82, 2.24) is 0 Å². The van der Waals surface area contributed by atoms with E-state index in [9.17, 15) is 0 Å². The van der Waals surface area contributed by atoms with Gasteiger partial charge in [0.1, 0.15) is 5.75 Å². The molecule has 2 aromatic carbocycles. The van der Waals surface area contributed by atoms with Crippen LogP contribution < -0.4 is 15.0 Å². The van der Waals surface area contributed by atoms with Gasteiger partial charge in [0.05, 0.1) is 34.5 Å². The van der Waals surface area contributed by atoms with Gasteiger partial charge in [-0.3, -0.25) is 0 Å². The van der Waals surface area contributed by atoms with Crippen molar-refractivity contribution in [2.45, 2.75) is 26.5 Å². The molecule has 1 fully saturated rings. The Morgan fingerprint density at radius 3 is 2.59 bits per heavy atom. The minimum Gasteiger partial charge on any atom is -0.489 e. The fourth-order valence-electron chi connectivity index (χ4n) is 2.99. The maximum atomic E-state index is 6.53. The number of morpholine rings is 1. The summed E-state index contributed by atoms with van der Waals surface area (Å²) in [6, 6.07) is 10.2. The SMILES string of the molecule is CC(C)Oc1c(Br)cc(Br)cc1CNc1ccc(N2CCOCC2)c(Cl)c1. The first-order valence-corrected chi connectivity index (χ1v) is 10.9. The molecule has 0 aliphatic carbocycles. The number of benzene rings is 2. The third-order valence-corrected chi connectivity index (χ3v) is 5.57. The van der Waals surface area contributed by atoms with E-state index >= 15 is 0 Å². The molecule has 0 radical (unpaired) electrons. The van der Waals surface area contributed by atoms with Crippen LogP contribution in [0.3, 0.4) is 0 Å². The zero-order valence-corrected chi connectivity index (χ0v) is 19.3. The van der Waals surface area contributed by atoms with Gasteiger partial charge in [0.2, 0.25) is 0 Å². The summed E-state index contributed by atoms with van der Waals surface area (Å²) in [5.74, 6) is 0.858. The molecule has 0 unspecified atom stereocenters. The van der Waals surface area contributed by atoms with Gasteiger partial charge in [0, 0.05) is 35.4 Å². The maximum Gasteiger partial charge on any atom is 0.138 e. The van der Waals surface area contributed by atoms with Crippen molar-refractivity contribution < 1.29 is 9.47 Å². The molecule has 1 N–H and O–H groups in total. The van der Waals surface area contributed by atoms with Crippen LogP contribution in [0.2, 0.25) is 5.02 Å². The van der Waals surface area contributed by atoms with Crippen molar-refractivity contribution in [3.63, 3.8) is 0 Å². The average molecular weight is 519 g/mol. The van der Waals surface area contributed by atoms with Crippen LogP contribution in [0.4, 0.5) is 11.4 Å². The Hall–Kier alpha value is -0.950. The molecule has 2 aromatic rings. The number of ether oxygens (including phenoxy) is 2. The molecule has 1 heterocycles. The first-order valence-electron chi connectivity index (χ1n) is 8.94. The minimum absolute atomic E-state index is 0.100. The van der Waals surface area contributed by atoms with Crippen LogP contribution in [-0.2, 0) is 11.3 Å². The lowest BCUT2D eigenvalue weighted by molar-refractivity contribution is 0.122. The lowest BCUT2D eigenvalue weighted by atomic mass is 10.2. The van der Waals surface area contributed by atoms with Gasteiger partial charge in [-0.15, -0.1) is 0 Å². The highest BCUT2D eigenvalue weighted by Gasteiger charge is 2.15. The van der Waals surface area contributed by atoms with Crippen LogP contribution in [0.15, 0.2) is 39.3 Å². The van der Waals surface area contributed by atoms with E-state index in [1.165, 1.54) is 0 Å². The van der Waals surface area contributed by atoms with Crippen LogP contribution in [0.5, 0.6) is 5.75 Å². The number of nitrogens with one attached hydrogen (secondary N) is 1. The standard InChI is InChI=1S/C20H23Br2ClN2O2/c1-13(2)27-20-14(9-15(21)10-17(20)22)12-24-16-3-4-19(18(23)11-16)25-5-7-26-8-6-25/h3-4,9-11,13,24H,5-8,12H2,1-2H3. The smallest absolute Gasteiger partial charge is 0.138 e. The van der Waals surface area contributed by atoms with Gasteiger partial charge in [-0.25, -0.2) is 0 Å². The fraction of sp³-hybridized carbons (Fsp3) is 0.400. The van der Waals surface area contributed by atoms with Crippen molar-refractivity contribution in [1.29, 1.82) is 0 Å². The van der Waals surface area contributed by atoms with Gasteiger partial charge in [-0.05, 0) is 60.1 Å². The zero-order chi connectivity index (χ0) is 19.4. The van der Waals surface area contributed by atoms with E-state index in [0.29, 0.717) is 6.54 Å². The van der Waals surface area contributed by atoms with Crippen molar-refractivity contribution in [3.8, 4) is 5.75 Å². The molecule has 1 saturated heterocycles. The van der Waals surface area contributed by atoms with Crippen LogP contribution in [0.1, 0.15) is 19.4 Å². The van der Waals surface area contributed by atoms with Crippen molar-refractivity contribution in [3.05, 3.63) is 49.9 Å². The monoisotopic (exact) mass is 516 g/mol. The fourth-order valence-corrected chi connectivity index (χ4v) is 4.69. The van der Waals surface area contributed by atoms with Gasteiger partial charge in [0.15, 0.2) is 0 Å². The Kier molecular flexibility index (Phi) is 7.31. The van der Waals surface area contributed by atoms with Gasteiger partial charge >= 0.3 is 0 Å². The van der Waals surface area contributed by atoms with Crippen LogP contribution >= 0.6 is 43.5 Å². The lowest BCUT2D eigenvalue weighted by Gasteiger charge is -2.29. The van der Waals surface area contributed by atoms with E-state index in [4.69, 9.17) is 21.1 Å². The maximum absolute atomic E-state index is 6.53. The van der Waals surface area contributed by atoms with Crippen LogP contribution in [-0.4, -0.2) is 32.4 Å². The predicted octanol–water partition coefficient (Wildman–Crippen LogP) is 6.10. The van der Waals surface area contributed by atoms with Gasteiger partial charge in [0.25, 0.3) is 0 Å². The second-order valence-electron chi connectivity index (χ2n) is 6.66. The normalized spacial score (nSPS) is 14.5. The summed E-state index contributed by atoms with van der Waals surface area (Å²) < 4.78 is 13.3. The molecule has 1 aliphatic rings. The first kappa shape index (κ1) is 20.8. The molecule has 0 amide bonds. The number of hydrogen-bond acceptors (Lipinski definition) is 4. The summed E-state index contributed by atoms with van der Waals surface area (Å²) in [5, 5.41) is 4.20.